The minimum absolute atomic E-state index is 1.03. The van der Waals surface area contributed by atoms with Gasteiger partial charge in [0.25, 0.3) is 0 Å². The predicted molar refractivity (Wildman–Crippen MR) is 56.6 cm³/mol. The Morgan fingerprint density at radius 1 is 1.17 bits per heavy atom. The zero-order valence-corrected chi connectivity index (χ0v) is 8.72. The number of hydrogen-bond acceptors (Lipinski definition) is 1. The standard InChI is InChI=1S/C10H10BrN/c1-12(2)10-5-3-9(4-6-10)7-8-11/h3-6H,1-2H3. The van der Waals surface area contributed by atoms with E-state index < -0.39 is 0 Å². The number of hydrogen-bond donors (Lipinski definition) is 0. The van der Waals surface area contributed by atoms with Gasteiger partial charge in [-0.3, -0.25) is 0 Å². The van der Waals surface area contributed by atoms with Crippen LogP contribution in [-0.4, -0.2) is 14.1 Å². The average molecular weight is 224 g/mol. The first-order valence-corrected chi connectivity index (χ1v) is 4.42. The lowest BCUT2D eigenvalue weighted by Crippen LogP contribution is -2.07. The van der Waals surface area contributed by atoms with Crippen LogP contribution in [0, 0.1) is 10.8 Å². The van der Waals surface area contributed by atoms with Crippen LogP contribution in [0.5, 0.6) is 0 Å². The lowest BCUT2D eigenvalue weighted by Gasteiger charge is -2.11. The molecular weight excluding hydrogens is 214 g/mol. The van der Waals surface area contributed by atoms with E-state index in [0.717, 1.165) is 5.56 Å². The third-order valence-electron chi connectivity index (χ3n) is 1.58. The summed E-state index contributed by atoms with van der Waals surface area (Å²) in [7, 11) is 4.04. The largest absolute Gasteiger partial charge is 0.378 e. The Labute approximate surface area is 81.5 Å². The minimum atomic E-state index is 1.03. The highest BCUT2D eigenvalue weighted by molar-refractivity contribution is 9.12. The lowest BCUT2D eigenvalue weighted by atomic mass is 10.2. The molecule has 2 heteroatoms. The van der Waals surface area contributed by atoms with Crippen molar-refractivity contribution in [1.82, 2.24) is 0 Å². The van der Waals surface area contributed by atoms with Crippen molar-refractivity contribution in [2.45, 2.75) is 0 Å². The van der Waals surface area contributed by atoms with Crippen LogP contribution in [0.1, 0.15) is 5.56 Å². The van der Waals surface area contributed by atoms with Gasteiger partial charge >= 0.3 is 0 Å². The first-order valence-electron chi connectivity index (χ1n) is 3.63. The second-order valence-electron chi connectivity index (χ2n) is 2.66. The van der Waals surface area contributed by atoms with Gasteiger partial charge in [-0.25, -0.2) is 0 Å². The van der Waals surface area contributed by atoms with Crippen molar-refractivity contribution in [2.24, 2.45) is 0 Å². The SMILES string of the molecule is CN(C)c1ccc(C#CBr)cc1. The lowest BCUT2D eigenvalue weighted by molar-refractivity contribution is 1.13. The summed E-state index contributed by atoms with van der Waals surface area (Å²) in [6, 6.07) is 8.10. The molecule has 1 aromatic rings. The Bertz CT molecular complexity index is 303. The van der Waals surface area contributed by atoms with E-state index in [-0.39, 0.29) is 0 Å². The summed E-state index contributed by atoms with van der Waals surface area (Å²) in [6.07, 6.45) is 0. The van der Waals surface area contributed by atoms with Crippen molar-refractivity contribution >= 4 is 21.6 Å². The fourth-order valence-corrected chi connectivity index (χ4v) is 1.13. The Morgan fingerprint density at radius 2 is 1.75 bits per heavy atom. The molecule has 0 spiro atoms. The molecule has 1 nitrogen and oxygen atoms in total. The summed E-state index contributed by atoms with van der Waals surface area (Å²) >= 11 is 3.06. The van der Waals surface area contributed by atoms with E-state index in [4.69, 9.17) is 0 Å². The smallest absolute Gasteiger partial charge is 0.0361 e. The molecule has 0 saturated carbocycles. The van der Waals surface area contributed by atoms with Crippen molar-refractivity contribution in [2.75, 3.05) is 19.0 Å². The fraction of sp³-hybridized carbons (Fsp3) is 0.200. The van der Waals surface area contributed by atoms with Crippen LogP contribution >= 0.6 is 15.9 Å². The van der Waals surface area contributed by atoms with Crippen LogP contribution in [0.4, 0.5) is 5.69 Å². The maximum atomic E-state index is 3.06. The van der Waals surface area contributed by atoms with Crippen LogP contribution in [0.2, 0.25) is 0 Å². The second-order valence-corrected chi connectivity index (χ2v) is 3.06. The predicted octanol–water partition coefficient (Wildman–Crippen LogP) is 2.46. The first-order chi connectivity index (χ1) is 5.74. The van der Waals surface area contributed by atoms with Gasteiger partial charge in [0.05, 0.1) is 0 Å². The van der Waals surface area contributed by atoms with E-state index in [1.54, 1.807) is 0 Å². The molecule has 62 valence electrons. The summed E-state index contributed by atoms with van der Waals surface area (Å²) in [6.45, 7) is 0. The third kappa shape index (κ3) is 2.28. The molecule has 0 atom stereocenters. The Kier molecular flexibility index (Phi) is 3.19. The summed E-state index contributed by atoms with van der Waals surface area (Å²) in [5, 5.41) is 0. The molecule has 0 bridgehead atoms. The van der Waals surface area contributed by atoms with Gasteiger partial charge in [0, 0.05) is 41.3 Å². The molecule has 0 aliphatic carbocycles. The molecule has 0 N–H and O–H groups in total. The first kappa shape index (κ1) is 9.15. The van der Waals surface area contributed by atoms with E-state index in [1.807, 2.05) is 38.4 Å². The number of rotatable bonds is 1. The molecule has 0 aliphatic rings. The molecule has 1 rings (SSSR count). The van der Waals surface area contributed by atoms with Gasteiger partial charge in [0.2, 0.25) is 0 Å². The van der Waals surface area contributed by atoms with Gasteiger partial charge in [-0.2, -0.15) is 0 Å². The topological polar surface area (TPSA) is 3.24 Å². The van der Waals surface area contributed by atoms with Gasteiger partial charge in [0.1, 0.15) is 0 Å². The van der Waals surface area contributed by atoms with Crippen LogP contribution in [0.3, 0.4) is 0 Å². The highest BCUT2D eigenvalue weighted by Gasteiger charge is 1.92. The van der Waals surface area contributed by atoms with Gasteiger partial charge in [-0.05, 0) is 29.1 Å². The molecule has 0 amide bonds. The summed E-state index contributed by atoms with van der Waals surface area (Å²) in [5.41, 5.74) is 2.22. The number of nitrogens with zero attached hydrogens (tertiary/aromatic N) is 1. The van der Waals surface area contributed by atoms with Gasteiger partial charge in [0.15, 0.2) is 0 Å². The van der Waals surface area contributed by atoms with E-state index in [0.29, 0.717) is 0 Å². The zero-order valence-electron chi connectivity index (χ0n) is 7.13. The van der Waals surface area contributed by atoms with Crippen molar-refractivity contribution in [3.63, 3.8) is 0 Å². The van der Waals surface area contributed by atoms with Crippen LogP contribution in [0.15, 0.2) is 24.3 Å². The quantitative estimate of drug-likeness (QED) is 0.662. The Hall–Kier alpha value is -0.940. The molecule has 0 aromatic heterocycles. The highest BCUT2D eigenvalue weighted by atomic mass is 79.9. The average Bonchev–Trinajstić information content (AvgIpc) is 2.06. The van der Waals surface area contributed by atoms with E-state index in [2.05, 4.69) is 31.6 Å². The molecule has 12 heavy (non-hydrogen) atoms. The molecular formula is C10H10BrN. The van der Waals surface area contributed by atoms with Gasteiger partial charge in [-0.15, -0.1) is 0 Å². The van der Waals surface area contributed by atoms with Gasteiger partial charge < -0.3 is 4.90 Å². The monoisotopic (exact) mass is 223 g/mol. The third-order valence-corrected chi connectivity index (χ3v) is 1.77. The zero-order chi connectivity index (χ0) is 8.97. The van der Waals surface area contributed by atoms with Gasteiger partial charge in [-0.1, -0.05) is 5.92 Å². The van der Waals surface area contributed by atoms with E-state index in [1.165, 1.54) is 5.69 Å². The summed E-state index contributed by atoms with van der Waals surface area (Å²) in [5.74, 6) is 2.92. The van der Waals surface area contributed by atoms with E-state index in [9.17, 15) is 0 Å². The van der Waals surface area contributed by atoms with Crippen molar-refractivity contribution < 1.29 is 0 Å². The molecule has 1 aromatic carbocycles. The van der Waals surface area contributed by atoms with Crippen molar-refractivity contribution in [3.05, 3.63) is 29.8 Å². The maximum Gasteiger partial charge on any atom is 0.0361 e. The number of benzene rings is 1. The number of anilines is 1. The summed E-state index contributed by atoms with van der Waals surface area (Å²) < 4.78 is 0. The normalized spacial score (nSPS) is 8.58. The van der Waals surface area contributed by atoms with Crippen LogP contribution < -0.4 is 4.90 Å². The molecule has 0 fully saturated rings. The van der Waals surface area contributed by atoms with Crippen molar-refractivity contribution in [1.29, 1.82) is 0 Å². The number of halogens is 1. The highest BCUT2D eigenvalue weighted by Crippen LogP contribution is 2.11. The Balaban J connectivity index is 2.90. The molecule has 0 unspecified atom stereocenters. The summed E-state index contributed by atoms with van der Waals surface area (Å²) in [4.78, 5) is 4.74. The van der Waals surface area contributed by atoms with Crippen LogP contribution in [0.25, 0.3) is 0 Å². The molecule has 0 radical (unpaired) electrons. The molecule has 0 saturated heterocycles. The molecule has 0 aliphatic heterocycles. The van der Waals surface area contributed by atoms with Crippen molar-refractivity contribution in [3.8, 4) is 10.8 Å². The van der Waals surface area contributed by atoms with E-state index >= 15 is 0 Å². The minimum Gasteiger partial charge on any atom is -0.378 e. The molecule has 0 heterocycles. The second kappa shape index (κ2) is 4.18. The maximum absolute atomic E-state index is 3.06. The van der Waals surface area contributed by atoms with Crippen LogP contribution in [-0.2, 0) is 0 Å². The Morgan fingerprint density at radius 3 is 2.17 bits per heavy atom. The fourth-order valence-electron chi connectivity index (χ4n) is 0.897.